The first-order chi connectivity index (χ1) is 17.5. The van der Waals surface area contributed by atoms with E-state index in [1.165, 1.54) is 30.9 Å². The quantitative estimate of drug-likeness (QED) is 0.342. The zero-order valence-electron chi connectivity index (χ0n) is 20.5. The van der Waals surface area contributed by atoms with Crippen LogP contribution in [0.5, 0.6) is 0 Å². The van der Waals surface area contributed by atoms with Gasteiger partial charge in [0.2, 0.25) is 5.96 Å². The molecule has 0 radical (unpaired) electrons. The minimum Gasteiger partial charge on any atom is -0.314 e. The molecule has 188 valence electrons. The van der Waals surface area contributed by atoms with E-state index in [0.29, 0.717) is 19.6 Å². The summed E-state index contributed by atoms with van der Waals surface area (Å²) >= 11 is 2.62. The van der Waals surface area contributed by atoms with Gasteiger partial charge < -0.3 is 4.90 Å². The number of rotatable bonds is 6. The second-order valence-corrected chi connectivity index (χ2v) is 12.1. The maximum atomic E-state index is 13.8. The second kappa shape index (κ2) is 10.2. The summed E-state index contributed by atoms with van der Waals surface area (Å²) in [6.07, 6.45) is 5.92. The van der Waals surface area contributed by atoms with Crippen molar-refractivity contribution in [1.82, 2.24) is 14.7 Å². The minimum absolute atomic E-state index is 0.0689. The largest absolute Gasteiger partial charge is 0.314 e. The lowest BCUT2D eigenvalue weighted by atomic mass is 9.96. The number of guanidine groups is 1. The topological polar surface area (TPSA) is 39.2 Å². The van der Waals surface area contributed by atoms with Crippen molar-refractivity contribution in [3.8, 4) is 0 Å². The number of hydrogen-bond donors (Lipinski definition) is 0. The molecular weight excluding hydrogens is 566 g/mol. The van der Waals surface area contributed by atoms with Gasteiger partial charge in [0.15, 0.2) is 0 Å². The van der Waals surface area contributed by atoms with Crippen LogP contribution in [0.2, 0.25) is 0 Å². The Bertz CT molecular complexity index is 1230. The van der Waals surface area contributed by atoms with Gasteiger partial charge in [-0.05, 0) is 54.0 Å². The average molecular weight is 599 g/mol. The molecule has 2 aromatic carbocycles. The van der Waals surface area contributed by atoms with Gasteiger partial charge in [-0.1, -0.05) is 65.4 Å². The average Bonchev–Trinajstić information content (AvgIpc) is 3.51. The zero-order chi connectivity index (χ0) is 24.6. The Morgan fingerprint density at radius 3 is 2.61 bits per heavy atom. The van der Waals surface area contributed by atoms with Crippen LogP contribution in [0, 0.1) is 11.7 Å². The van der Waals surface area contributed by atoms with Crippen molar-refractivity contribution in [3.63, 3.8) is 0 Å². The molecule has 6 rings (SSSR count). The van der Waals surface area contributed by atoms with Gasteiger partial charge in [0, 0.05) is 42.2 Å². The van der Waals surface area contributed by atoms with Crippen molar-refractivity contribution in [2.75, 3.05) is 26.2 Å². The summed E-state index contributed by atoms with van der Waals surface area (Å²) < 4.78 is 14.5. The number of alkyl halides is 1. The number of amides is 1. The van der Waals surface area contributed by atoms with E-state index in [9.17, 15) is 9.18 Å². The summed E-state index contributed by atoms with van der Waals surface area (Å²) in [5.41, 5.74) is 5.47. The predicted molar refractivity (Wildman–Crippen MR) is 148 cm³/mol. The number of nitrogens with zero attached hydrogens (tertiary/aromatic N) is 4. The number of hydrogen-bond acceptors (Lipinski definition) is 4. The molecule has 2 atom stereocenters. The van der Waals surface area contributed by atoms with Gasteiger partial charge in [-0.3, -0.25) is 19.6 Å². The van der Waals surface area contributed by atoms with E-state index in [0.717, 1.165) is 70.7 Å². The molecule has 36 heavy (non-hydrogen) atoms. The maximum absolute atomic E-state index is 13.8. The predicted octanol–water partition coefficient (Wildman–Crippen LogP) is 5.15. The highest BCUT2D eigenvalue weighted by Gasteiger charge is 2.41. The molecule has 5 nitrogen and oxygen atoms in total. The molecule has 0 spiro atoms. The first kappa shape index (κ1) is 24.1. The number of halogens is 2. The zero-order valence-corrected chi connectivity index (χ0v) is 22.7. The Hall–Kier alpha value is -2.26. The summed E-state index contributed by atoms with van der Waals surface area (Å²) in [5.74, 6) is 1.42. The lowest BCUT2D eigenvalue weighted by molar-refractivity contribution is -0.125. The van der Waals surface area contributed by atoms with Crippen molar-refractivity contribution in [1.29, 1.82) is 0 Å². The molecule has 0 N–H and O–H groups in total. The second-order valence-electron chi connectivity index (χ2n) is 10.5. The van der Waals surface area contributed by atoms with Gasteiger partial charge in [0.1, 0.15) is 5.82 Å². The lowest BCUT2D eigenvalue weighted by Crippen LogP contribution is -2.53. The van der Waals surface area contributed by atoms with E-state index in [1.54, 1.807) is 12.1 Å². The summed E-state index contributed by atoms with van der Waals surface area (Å²) in [6.45, 7) is 4.18. The Morgan fingerprint density at radius 1 is 1.00 bits per heavy atom. The van der Waals surface area contributed by atoms with Gasteiger partial charge in [-0.2, -0.15) is 0 Å². The van der Waals surface area contributed by atoms with Crippen molar-refractivity contribution in [2.24, 2.45) is 10.9 Å². The van der Waals surface area contributed by atoms with Crippen molar-refractivity contribution in [3.05, 3.63) is 82.3 Å². The third-order valence-electron chi connectivity index (χ3n) is 7.98. The summed E-state index contributed by atoms with van der Waals surface area (Å²) in [7, 11) is 0. The number of carbonyl (C=O) groups excluding carboxylic acids is 1. The molecule has 3 aliphatic heterocycles. The van der Waals surface area contributed by atoms with E-state index in [1.807, 2.05) is 11.0 Å². The Balaban J connectivity index is 1.20. The summed E-state index contributed by atoms with van der Waals surface area (Å²) in [4.78, 5) is 25.0. The van der Waals surface area contributed by atoms with Gasteiger partial charge in [-0.25, -0.2) is 4.39 Å². The first-order valence-electron chi connectivity index (χ1n) is 13.1. The van der Waals surface area contributed by atoms with Gasteiger partial charge >= 0.3 is 0 Å². The normalized spacial score (nSPS) is 24.3. The maximum Gasteiger partial charge on any atom is 0.259 e. The van der Waals surface area contributed by atoms with Gasteiger partial charge in [0.05, 0.1) is 18.7 Å². The SMILES string of the molecule is O=C1C2=C(CCN(Cc3cccc(F)c3)C2)N2CCN=C2N1Cc1cccc(CC2CCCC2I)c1. The van der Waals surface area contributed by atoms with E-state index in [2.05, 4.69) is 56.7 Å². The van der Waals surface area contributed by atoms with Crippen molar-refractivity contribution >= 4 is 34.5 Å². The van der Waals surface area contributed by atoms with E-state index >= 15 is 0 Å². The Labute approximate surface area is 226 Å². The highest BCUT2D eigenvalue weighted by Crippen LogP contribution is 2.35. The van der Waals surface area contributed by atoms with Crippen molar-refractivity contribution < 1.29 is 9.18 Å². The number of fused-ring (bicyclic) bond motifs is 2. The van der Waals surface area contributed by atoms with E-state index in [-0.39, 0.29) is 11.7 Å². The summed E-state index contributed by atoms with van der Waals surface area (Å²) in [6, 6.07) is 15.5. The van der Waals surface area contributed by atoms with Crippen LogP contribution < -0.4 is 0 Å². The van der Waals surface area contributed by atoms with Crippen molar-refractivity contribution in [2.45, 2.75) is 49.1 Å². The van der Waals surface area contributed by atoms with Crippen LogP contribution in [0.4, 0.5) is 4.39 Å². The fraction of sp³-hybridized carbons (Fsp3) is 0.448. The molecule has 3 heterocycles. The lowest BCUT2D eigenvalue weighted by Gasteiger charge is -2.42. The van der Waals surface area contributed by atoms with Gasteiger partial charge in [-0.15, -0.1) is 0 Å². The number of carbonyl (C=O) groups is 1. The smallest absolute Gasteiger partial charge is 0.259 e. The van der Waals surface area contributed by atoms with E-state index in [4.69, 9.17) is 4.99 Å². The molecule has 1 amide bonds. The van der Waals surface area contributed by atoms with Crippen LogP contribution in [0.25, 0.3) is 0 Å². The highest BCUT2D eigenvalue weighted by molar-refractivity contribution is 14.1. The van der Waals surface area contributed by atoms with Crippen LogP contribution in [-0.2, 0) is 24.3 Å². The standard InChI is InChI=1S/C29H32FIN4O/c30-24-8-2-6-22(16-24)17-33-12-10-27-25(19-33)28(36)35(29-32-11-13-34(27)29)18-21-5-1-4-20(14-21)15-23-7-3-9-26(23)31/h1-2,4-6,8,14,16,23,26H,3,7,9-13,15,17-19H2. The summed E-state index contributed by atoms with van der Waals surface area (Å²) in [5, 5.41) is 0. The Morgan fingerprint density at radius 2 is 1.81 bits per heavy atom. The fourth-order valence-electron chi connectivity index (χ4n) is 6.21. The van der Waals surface area contributed by atoms with Crippen LogP contribution in [0.3, 0.4) is 0 Å². The van der Waals surface area contributed by atoms with Crippen LogP contribution in [-0.4, -0.2) is 56.7 Å². The monoisotopic (exact) mass is 598 g/mol. The molecule has 1 saturated carbocycles. The van der Waals surface area contributed by atoms with E-state index < -0.39 is 0 Å². The molecule has 4 aliphatic rings. The van der Waals surface area contributed by atoms with Crippen LogP contribution >= 0.6 is 22.6 Å². The number of aliphatic imine (C=N–C) groups is 1. The molecule has 7 heteroatoms. The molecule has 2 aromatic rings. The molecule has 1 aliphatic carbocycles. The van der Waals surface area contributed by atoms with Crippen LogP contribution in [0.1, 0.15) is 42.4 Å². The molecule has 0 aromatic heterocycles. The van der Waals surface area contributed by atoms with Crippen LogP contribution in [0.15, 0.2) is 64.8 Å². The molecule has 0 saturated heterocycles. The number of benzene rings is 2. The first-order valence-corrected chi connectivity index (χ1v) is 14.3. The molecule has 2 unspecified atom stereocenters. The molecule has 0 bridgehead atoms. The minimum atomic E-state index is -0.216. The third-order valence-corrected chi connectivity index (χ3v) is 9.62. The Kier molecular flexibility index (Phi) is 6.86. The van der Waals surface area contributed by atoms with Gasteiger partial charge in [0.25, 0.3) is 5.91 Å². The highest BCUT2D eigenvalue weighted by atomic mass is 127. The molecule has 1 fully saturated rings. The fourth-order valence-corrected chi connectivity index (χ4v) is 7.26. The third kappa shape index (κ3) is 4.84. The molecular formula is C29H32FIN4O.